The van der Waals surface area contributed by atoms with Gasteiger partial charge in [-0.3, -0.25) is 0 Å². The molecule has 0 aliphatic heterocycles. The molecule has 10 heteroatoms. The van der Waals surface area contributed by atoms with Crippen LogP contribution in [0.25, 0.3) is 22.7 Å². The zero-order valence-electron chi connectivity index (χ0n) is 24.6. The van der Waals surface area contributed by atoms with E-state index in [4.69, 9.17) is 9.40 Å². The number of hydrogen-bond acceptors (Lipinski definition) is 8. The molecule has 5 rings (SSSR count). The molecular weight excluding hydrogens is 540 g/mol. The minimum absolute atomic E-state index is 0.283. The first kappa shape index (κ1) is 29.5. The lowest BCUT2D eigenvalue weighted by Gasteiger charge is -2.17. The summed E-state index contributed by atoms with van der Waals surface area (Å²) in [5, 5.41) is 12.5. The average Bonchev–Trinajstić information content (AvgIpc) is 3.48. The van der Waals surface area contributed by atoms with Crippen molar-refractivity contribution < 1.29 is 9.21 Å². The van der Waals surface area contributed by atoms with Crippen LogP contribution < -0.4 is 21.3 Å². The molecule has 0 saturated heterocycles. The van der Waals surface area contributed by atoms with Crippen LogP contribution in [0.3, 0.4) is 0 Å². The first-order chi connectivity index (χ1) is 21.1. The fraction of sp³-hybridized carbons (Fsp3) is 0.273. The van der Waals surface area contributed by atoms with Gasteiger partial charge in [0.05, 0.1) is 0 Å². The molecular formula is C33H38N8O2. The van der Waals surface area contributed by atoms with Gasteiger partial charge in [0.25, 0.3) is 5.71 Å². The monoisotopic (exact) mass is 578 g/mol. The summed E-state index contributed by atoms with van der Waals surface area (Å²) in [4.78, 5) is 28.0. The van der Waals surface area contributed by atoms with Gasteiger partial charge in [0.2, 0.25) is 5.89 Å². The molecule has 3 aromatic carbocycles. The Kier molecular flexibility index (Phi) is 10.2. The molecule has 2 amide bonds. The van der Waals surface area contributed by atoms with Gasteiger partial charge in [0.15, 0.2) is 11.3 Å². The van der Waals surface area contributed by atoms with Crippen molar-refractivity contribution in [3.8, 4) is 11.5 Å². The molecule has 0 fully saturated rings. The topological polar surface area (TPSA) is 120 Å². The lowest BCUT2D eigenvalue weighted by atomic mass is 10.1. The summed E-state index contributed by atoms with van der Waals surface area (Å²) in [7, 11) is 0. The number of aromatic nitrogens is 3. The molecule has 43 heavy (non-hydrogen) atoms. The van der Waals surface area contributed by atoms with Crippen molar-refractivity contribution in [1.29, 1.82) is 0 Å². The van der Waals surface area contributed by atoms with Gasteiger partial charge >= 0.3 is 6.03 Å². The lowest BCUT2D eigenvalue weighted by molar-refractivity contribution is 0.262. The summed E-state index contributed by atoms with van der Waals surface area (Å²) >= 11 is 0. The summed E-state index contributed by atoms with van der Waals surface area (Å²) in [6.07, 6.45) is 3.33. The molecule has 0 aliphatic carbocycles. The molecule has 2 aromatic heterocycles. The molecule has 0 spiro atoms. The van der Waals surface area contributed by atoms with Crippen LogP contribution in [0.5, 0.6) is 0 Å². The van der Waals surface area contributed by atoms with Gasteiger partial charge in [0, 0.05) is 35.7 Å². The fourth-order valence-electron chi connectivity index (χ4n) is 4.71. The Morgan fingerprint density at radius 1 is 0.791 bits per heavy atom. The summed E-state index contributed by atoms with van der Waals surface area (Å²) in [5.41, 5.74) is 5.56. The number of nitrogens with one attached hydrogen (secondary N) is 4. The molecule has 222 valence electrons. The quantitative estimate of drug-likeness (QED) is 0.107. The molecule has 10 nitrogen and oxygen atoms in total. The number of fused-ring (bicyclic) bond motifs is 1. The summed E-state index contributed by atoms with van der Waals surface area (Å²) < 4.78 is 5.96. The van der Waals surface area contributed by atoms with Crippen LogP contribution in [0, 0.1) is 0 Å². The van der Waals surface area contributed by atoms with E-state index in [1.54, 1.807) is 0 Å². The average molecular weight is 579 g/mol. The predicted molar refractivity (Wildman–Crippen MR) is 174 cm³/mol. The third-order valence-electron chi connectivity index (χ3n) is 7.15. The van der Waals surface area contributed by atoms with Crippen molar-refractivity contribution in [2.75, 3.05) is 54.0 Å². The number of nitrogens with zero attached hydrogens (tertiary/aromatic N) is 4. The van der Waals surface area contributed by atoms with Crippen LogP contribution >= 0.6 is 0 Å². The van der Waals surface area contributed by atoms with Crippen LogP contribution in [-0.4, -0.2) is 58.6 Å². The van der Waals surface area contributed by atoms with Crippen molar-refractivity contribution in [1.82, 2.24) is 19.9 Å². The number of para-hydroxylation sites is 1. The number of anilines is 4. The zero-order valence-corrected chi connectivity index (χ0v) is 24.6. The molecule has 2 heterocycles. The number of carbonyl (C=O) groups excluding carboxylic acids is 1. The van der Waals surface area contributed by atoms with Gasteiger partial charge in [0.1, 0.15) is 6.33 Å². The van der Waals surface area contributed by atoms with Crippen molar-refractivity contribution >= 4 is 40.1 Å². The van der Waals surface area contributed by atoms with Gasteiger partial charge in [-0.1, -0.05) is 44.2 Å². The minimum Gasteiger partial charge on any atom is -0.417 e. The van der Waals surface area contributed by atoms with E-state index in [1.165, 1.54) is 6.33 Å². The Morgan fingerprint density at radius 3 is 2.21 bits per heavy atom. The van der Waals surface area contributed by atoms with E-state index in [0.29, 0.717) is 29.5 Å². The molecule has 0 saturated carbocycles. The number of urea groups is 1. The second kappa shape index (κ2) is 14.8. The number of carbonyl (C=O) groups is 1. The Bertz CT molecular complexity index is 1580. The maximum absolute atomic E-state index is 12.2. The molecule has 0 atom stereocenters. The predicted octanol–water partition coefficient (Wildman–Crippen LogP) is 6.73. The number of hydrogen-bond donors (Lipinski definition) is 4. The first-order valence-corrected chi connectivity index (χ1v) is 14.8. The van der Waals surface area contributed by atoms with Crippen LogP contribution in [0.15, 0.2) is 89.6 Å². The Labute approximate surface area is 252 Å². The minimum atomic E-state index is -0.283. The molecule has 4 N–H and O–H groups in total. The normalized spacial score (nSPS) is 11.0. The summed E-state index contributed by atoms with van der Waals surface area (Å²) in [6.45, 7) is 9.23. The van der Waals surface area contributed by atoms with Gasteiger partial charge in [-0.05, 0) is 86.6 Å². The van der Waals surface area contributed by atoms with E-state index < -0.39 is 0 Å². The number of amides is 2. The highest BCUT2D eigenvalue weighted by molar-refractivity contribution is 5.99. The smallest absolute Gasteiger partial charge is 0.323 e. The number of rotatable bonds is 14. The highest BCUT2D eigenvalue weighted by atomic mass is 16.4. The summed E-state index contributed by atoms with van der Waals surface area (Å²) in [6, 6.07) is 24.9. The Hall–Kier alpha value is -4.96. The lowest BCUT2D eigenvalue weighted by Crippen LogP contribution is -2.25. The highest BCUT2D eigenvalue weighted by Crippen LogP contribution is 2.27. The van der Waals surface area contributed by atoms with Crippen LogP contribution in [0.2, 0.25) is 0 Å². The van der Waals surface area contributed by atoms with Gasteiger partial charge < -0.3 is 30.6 Å². The molecule has 5 aromatic rings. The zero-order chi connectivity index (χ0) is 29.9. The van der Waals surface area contributed by atoms with Gasteiger partial charge in [-0.2, -0.15) is 4.98 Å². The largest absolute Gasteiger partial charge is 0.417 e. The van der Waals surface area contributed by atoms with Gasteiger partial charge in [-0.15, -0.1) is 0 Å². The highest BCUT2D eigenvalue weighted by Gasteiger charge is 2.14. The third kappa shape index (κ3) is 8.30. The van der Waals surface area contributed by atoms with E-state index in [2.05, 4.69) is 50.0 Å². The van der Waals surface area contributed by atoms with E-state index in [-0.39, 0.29) is 6.03 Å². The van der Waals surface area contributed by atoms with Crippen LogP contribution in [-0.2, 0) is 6.42 Å². The third-order valence-corrected chi connectivity index (χ3v) is 7.15. The molecule has 0 aliphatic rings. The Balaban J connectivity index is 1.12. The van der Waals surface area contributed by atoms with E-state index in [0.717, 1.165) is 67.2 Å². The SMILES string of the molecule is CCN(CC)CCCNc1ccc(-c2nc3c(NCCc4ccc(NC(=O)Nc5ccccc5)cc4)ncnc3o2)cc1. The standard InChI is InChI=1S/C33H38N8O2/c1-3-41(4-2)22-8-20-34-26-17-13-25(14-18-26)31-40-29-30(36-23-37-32(29)43-31)35-21-19-24-11-15-28(16-12-24)39-33(42)38-27-9-6-5-7-10-27/h5-7,9-18,23,34H,3-4,8,19-22H2,1-2H3,(H,35,36,37)(H2,38,39,42). The molecule has 0 radical (unpaired) electrons. The van der Waals surface area contributed by atoms with Crippen molar-refractivity contribution in [2.45, 2.75) is 26.7 Å². The van der Waals surface area contributed by atoms with Crippen LogP contribution in [0.4, 0.5) is 27.7 Å². The van der Waals surface area contributed by atoms with E-state index in [1.807, 2.05) is 78.9 Å². The molecule has 0 bridgehead atoms. The van der Waals surface area contributed by atoms with Gasteiger partial charge in [-0.25, -0.2) is 14.8 Å². The van der Waals surface area contributed by atoms with Crippen molar-refractivity contribution in [3.05, 3.63) is 90.8 Å². The second-order valence-corrected chi connectivity index (χ2v) is 10.1. The number of oxazole rings is 1. The second-order valence-electron chi connectivity index (χ2n) is 10.1. The first-order valence-electron chi connectivity index (χ1n) is 14.8. The fourth-order valence-corrected chi connectivity index (χ4v) is 4.71. The van der Waals surface area contributed by atoms with Crippen molar-refractivity contribution in [3.63, 3.8) is 0 Å². The maximum Gasteiger partial charge on any atom is 0.323 e. The van der Waals surface area contributed by atoms with Crippen LogP contribution in [0.1, 0.15) is 25.8 Å². The summed E-state index contributed by atoms with van der Waals surface area (Å²) in [5.74, 6) is 1.13. The van der Waals surface area contributed by atoms with E-state index >= 15 is 0 Å². The van der Waals surface area contributed by atoms with Crippen molar-refractivity contribution in [2.24, 2.45) is 0 Å². The molecule has 0 unspecified atom stereocenters. The Morgan fingerprint density at radius 2 is 1.49 bits per heavy atom. The number of benzene rings is 3. The maximum atomic E-state index is 12.2. The van der Waals surface area contributed by atoms with E-state index in [9.17, 15) is 4.79 Å².